The van der Waals surface area contributed by atoms with Crippen LogP contribution < -0.4 is 10.6 Å². The van der Waals surface area contributed by atoms with Crippen molar-refractivity contribution >= 4 is 17.7 Å². The maximum atomic E-state index is 11.1. The van der Waals surface area contributed by atoms with Gasteiger partial charge < -0.3 is 15.7 Å². The van der Waals surface area contributed by atoms with Crippen molar-refractivity contribution in [3.8, 4) is 0 Å². The fraction of sp³-hybridized carbons (Fsp3) is 0.462. The van der Waals surface area contributed by atoms with Gasteiger partial charge in [0.2, 0.25) is 0 Å². The number of piperazine rings is 1. The standard InChI is InChI=1S/C13H18N4O3/c14-13(20)10-2-1-3-11(15-10)17-8-6-16(7-9-17)5-4-12(18)19/h1-3H,4-9H2,(H2,14,20)(H,18,19). The lowest BCUT2D eigenvalue weighted by atomic mass is 10.2. The van der Waals surface area contributed by atoms with Gasteiger partial charge in [-0.25, -0.2) is 4.98 Å². The summed E-state index contributed by atoms with van der Waals surface area (Å²) in [5, 5.41) is 8.67. The highest BCUT2D eigenvalue weighted by molar-refractivity contribution is 5.91. The second kappa shape index (κ2) is 6.33. The first-order valence-corrected chi connectivity index (χ1v) is 6.52. The first-order chi connectivity index (χ1) is 9.56. The van der Waals surface area contributed by atoms with Gasteiger partial charge in [-0.2, -0.15) is 0 Å². The van der Waals surface area contributed by atoms with Crippen molar-refractivity contribution in [3.05, 3.63) is 23.9 Å². The summed E-state index contributed by atoms with van der Waals surface area (Å²) in [5.41, 5.74) is 5.48. The minimum absolute atomic E-state index is 0.162. The van der Waals surface area contributed by atoms with Crippen LogP contribution in [0.1, 0.15) is 16.9 Å². The Morgan fingerprint density at radius 2 is 1.95 bits per heavy atom. The summed E-state index contributed by atoms with van der Waals surface area (Å²) < 4.78 is 0. The number of nitrogens with zero attached hydrogens (tertiary/aromatic N) is 3. The van der Waals surface area contributed by atoms with Crippen molar-refractivity contribution in [1.29, 1.82) is 0 Å². The van der Waals surface area contributed by atoms with Crippen LogP contribution in [0.5, 0.6) is 0 Å². The molecule has 1 amide bonds. The average Bonchev–Trinajstić information content (AvgIpc) is 2.46. The van der Waals surface area contributed by atoms with Crippen molar-refractivity contribution in [2.24, 2.45) is 5.73 Å². The van der Waals surface area contributed by atoms with Gasteiger partial charge in [0, 0.05) is 32.7 Å². The molecule has 0 radical (unpaired) electrons. The SMILES string of the molecule is NC(=O)c1cccc(N2CCN(CCC(=O)O)CC2)n1. The Balaban J connectivity index is 1.92. The van der Waals surface area contributed by atoms with Crippen molar-refractivity contribution in [1.82, 2.24) is 9.88 Å². The van der Waals surface area contributed by atoms with E-state index in [2.05, 4.69) is 14.8 Å². The van der Waals surface area contributed by atoms with E-state index in [9.17, 15) is 9.59 Å². The van der Waals surface area contributed by atoms with E-state index in [0.717, 1.165) is 32.0 Å². The van der Waals surface area contributed by atoms with Crippen LogP contribution >= 0.6 is 0 Å². The van der Waals surface area contributed by atoms with Crippen molar-refractivity contribution < 1.29 is 14.7 Å². The third kappa shape index (κ3) is 3.67. The Morgan fingerprint density at radius 1 is 1.25 bits per heavy atom. The molecule has 0 bridgehead atoms. The molecule has 7 heteroatoms. The molecule has 0 aliphatic carbocycles. The molecule has 0 unspecified atom stereocenters. The third-order valence-electron chi connectivity index (χ3n) is 3.33. The van der Waals surface area contributed by atoms with Crippen molar-refractivity contribution in [2.45, 2.75) is 6.42 Å². The molecule has 1 aromatic heterocycles. The Bertz CT molecular complexity index is 498. The summed E-state index contributed by atoms with van der Waals surface area (Å²) in [5.74, 6) is -0.575. The van der Waals surface area contributed by atoms with Gasteiger partial charge in [-0.05, 0) is 12.1 Å². The first kappa shape index (κ1) is 14.3. The summed E-state index contributed by atoms with van der Waals surface area (Å²) in [4.78, 5) is 30.1. The highest BCUT2D eigenvalue weighted by atomic mass is 16.4. The van der Waals surface area contributed by atoms with Crippen LogP contribution in [0, 0.1) is 0 Å². The number of carbonyl (C=O) groups excluding carboxylic acids is 1. The zero-order valence-corrected chi connectivity index (χ0v) is 11.2. The molecule has 1 fully saturated rings. The molecule has 2 rings (SSSR count). The summed E-state index contributed by atoms with van der Waals surface area (Å²) >= 11 is 0. The van der Waals surface area contributed by atoms with Crippen LogP contribution in [-0.4, -0.2) is 59.6 Å². The van der Waals surface area contributed by atoms with E-state index < -0.39 is 11.9 Å². The van der Waals surface area contributed by atoms with E-state index in [1.807, 2.05) is 6.07 Å². The second-order valence-electron chi connectivity index (χ2n) is 4.72. The second-order valence-corrected chi connectivity index (χ2v) is 4.72. The van der Waals surface area contributed by atoms with Gasteiger partial charge in [-0.1, -0.05) is 6.07 Å². The van der Waals surface area contributed by atoms with Gasteiger partial charge in [-0.3, -0.25) is 14.5 Å². The fourth-order valence-electron chi connectivity index (χ4n) is 2.19. The monoisotopic (exact) mass is 278 g/mol. The molecule has 108 valence electrons. The molecule has 2 heterocycles. The van der Waals surface area contributed by atoms with Gasteiger partial charge in [0.05, 0.1) is 6.42 Å². The number of pyridine rings is 1. The van der Waals surface area contributed by atoms with E-state index in [1.165, 1.54) is 0 Å². The predicted molar refractivity (Wildman–Crippen MR) is 73.7 cm³/mol. The lowest BCUT2D eigenvalue weighted by molar-refractivity contribution is -0.137. The molecular formula is C13H18N4O3. The molecule has 0 spiro atoms. The zero-order valence-electron chi connectivity index (χ0n) is 11.2. The smallest absolute Gasteiger partial charge is 0.304 e. The predicted octanol–water partition coefficient (Wildman–Crippen LogP) is -0.223. The molecular weight excluding hydrogens is 260 g/mol. The van der Waals surface area contributed by atoms with E-state index in [0.29, 0.717) is 6.54 Å². The zero-order chi connectivity index (χ0) is 14.5. The fourth-order valence-corrected chi connectivity index (χ4v) is 2.19. The minimum atomic E-state index is -0.775. The number of aliphatic carboxylic acids is 1. The molecule has 0 aromatic carbocycles. The number of hydrogen-bond donors (Lipinski definition) is 2. The number of nitrogens with two attached hydrogens (primary N) is 1. The largest absolute Gasteiger partial charge is 0.481 e. The van der Waals surface area contributed by atoms with Crippen molar-refractivity contribution in [3.63, 3.8) is 0 Å². The number of rotatable bonds is 5. The third-order valence-corrected chi connectivity index (χ3v) is 3.33. The number of primary amides is 1. The van der Waals surface area contributed by atoms with Crippen LogP contribution in [0.2, 0.25) is 0 Å². The molecule has 0 saturated carbocycles. The maximum absolute atomic E-state index is 11.1. The summed E-state index contributed by atoms with van der Waals surface area (Å²) in [6, 6.07) is 5.20. The normalized spacial score (nSPS) is 16.1. The van der Waals surface area contributed by atoms with Gasteiger partial charge in [0.25, 0.3) is 5.91 Å². The van der Waals surface area contributed by atoms with Crippen LogP contribution in [0.3, 0.4) is 0 Å². The van der Waals surface area contributed by atoms with E-state index in [1.54, 1.807) is 12.1 Å². The van der Waals surface area contributed by atoms with Crippen LogP contribution in [0.4, 0.5) is 5.82 Å². The number of amides is 1. The van der Waals surface area contributed by atoms with E-state index >= 15 is 0 Å². The first-order valence-electron chi connectivity index (χ1n) is 6.52. The lowest BCUT2D eigenvalue weighted by Crippen LogP contribution is -2.47. The van der Waals surface area contributed by atoms with Gasteiger partial charge in [0.15, 0.2) is 0 Å². The molecule has 3 N–H and O–H groups in total. The highest BCUT2D eigenvalue weighted by Crippen LogP contribution is 2.14. The summed E-state index contributed by atoms with van der Waals surface area (Å²) in [6.45, 7) is 3.66. The maximum Gasteiger partial charge on any atom is 0.304 e. The number of anilines is 1. The summed E-state index contributed by atoms with van der Waals surface area (Å²) in [6.07, 6.45) is 0.162. The topological polar surface area (TPSA) is 99.8 Å². The molecule has 1 aliphatic rings. The van der Waals surface area contributed by atoms with Gasteiger partial charge in [0.1, 0.15) is 11.5 Å². The van der Waals surface area contributed by atoms with E-state index in [4.69, 9.17) is 10.8 Å². The molecule has 1 aromatic rings. The van der Waals surface area contributed by atoms with Crippen molar-refractivity contribution in [2.75, 3.05) is 37.6 Å². The lowest BCUT2D eigenvalue weighted by Gasteiger charge is -2.35. The Kier molecular flexibility index (Phi) is 4.52. The van der Waals surface area contributed by atoms with Gasteiger partial charge >= 0.3 is 5.97 Å². The summed E-state index contributed by atoms with van der Waals surface area (Å²) in [7, 11) is 0. The highest BCUT2D eigenvalue weighted by Gasteiger charge is 2.18. The number of carboxylic acids is 1. The Labute approximate surface area is 117 Å². The Morgan fingerprint density at radius 3 is 2.55 bits per heavy atom. The quantitative estimate of drug-likeness (QED) is 0.772. The minimum Gasteiger partial charge on any atom is -0.481 e. The molecule has 1 aliphatic heterocycles. The number of aromatic nitrogens is 1. The average molecular weight is 278 g/mol. The molecule has 1 saturated heterocycles. The van der Waals surface area contributed by atoms with E-state index in [-0.39, 0.29) is 12.1 Å². The number of carboxylic acid groups (broad SMARTS) is 1. The Hall–Kier alpha value is -2.15. The number of carbonyl (C=O) groups is 2. The van der Waals surface area contributed by atoms with Gasteiger partial charge in [-0.15, -0.1) is 0 Å². The molecule has 20 heavy (non-hydrogen) atoms. The van der Waals surface area contributed by atoms with Crippen LogP contribution in [-0.2, 0) is 4.79 Å². The molecule has 7 nitrogen and oxygen atoms in total. The van der Waals surface area contributed by atoms with Crippen LogP contribution in [0.25, 0.3) is 0 Å². The van der Waals surface area contributed by atoms with Crippen LogP contribution in [0.15, 0.2) is 18.2 Å². The molecule has 0 atom stereocenters. The number of hydrogen-bond acceptors (Lipinski definition) is 5.